The molecule has 0 aliphatic heterocycles. The number of carbonyl (C=O) groups excluding carboxylic acids is 1. The molecule has 0 saturated heterocycles. The van der Waals surface area contributed by atoms with Crippen LogP contribution in [0.25, 0.3) is 0 Å². The van der Waals surface area contributed by atoms with Gasteiger partial charge in [-0.15, -0.1) is 0 Å². The molecule has 0 spiro atoms. The van der Waals surface area contributed by atoms with E-state index in [0.29, 0.717) is 5.76 Å². The van der Waals surface area contributed by atoms with Gasteiger partial charge in [0.05, 0.1) is 17.5 Å². The van der Waals surface area contributed by atoms with Crippen LogP contribution in [0.1, 0.15) is 21.9 Å². The van der Waals surface area contributed by atoms with Gasteiger partial charge in [-0.25, -0.2) is 4.79 Å². The van der Waals surface area contributed by atoms with Gasteiger partial charge in [0.1, 0.15) is 22.8 Å². The minimum absolute atomic E-state index is 0.0451. The fourth-order valence-corrected chi connectivity index (χ4v) is 2.10. The van der Waals surface area contributed by atoms with E-state index < -0.39 is 16.8 Å². The van der Waals surface area contributed by atoms with Crippen molar-refractivity contribution in [3.05, 3.63) is 57.5 Å². The number of amides is 1. The Kier molecular flexibility index (Phi) is 5.38. The second kappa shape index (κ2) is 7.47. The number of non-ortho nitro benzene ring substituents is 1. The summed E-state index contributed by atoms with van der Waals surface area (Å²) in [6.07, 6.45) is 0. The Bertz CT molecular complexity index is 813. The normalized spacial score (nSPS) is 10.3. The third-order valence-corrected chi connectivity index (χ3v) is 3.41. The summed E-state index contributed by atoms with van der Waals surface area (Å²) >= 11 is 0. The van der Waals surface area contributed by atoms with Crippen molar-refractivity contribution in [3.63, 3.8) is 0 Å². The molecule has 1 heterocycles. The van der Waals surface area contributed by atoms with Gasteiger partial charge in [-0.05, 0) is 19.1 Å². The third-order valence-electron chi connectivity index (χ3n) is 3.41. The van der Waals surface area contributed by atoms with Crippen molar-refractivity contribution >= 4 is 17.6 Å². The smallest absolute Gasteiger partial charge is 0.339 e. The number of rotatable bonds is 7. The summed E-state index contributed by atoms with van der Waals surface area (Å²) in [5.74, 6) is -0.692. The number of carboxylic acids is 1. The molecule has 132 valence electrons. The first-order chi connectivity index (χ1) is 11.8. The number of carbonyl (C=O) groups is 2. The van der Waals surface area contributed by atoms with E-state index in [1.165, 1.54) is 49.2 Å². The number of nitro benzene ring substituents is 1. The Balaban J connectivity index is 1.94. The topological polar surface area (TPSA) is 123 Å². The Morgan fingerprint density at radius 3 is 2.68 bits per heavy atom. The predicted molar refractivity (Wildman–Crippen MR) is 85.5 cm³/mol. The number of nitrogens with zero attached hydrogens (tertiary/aromatic N) is 2. The third kappa shape index (κ3) is 4.56. The maximum atomic E-state index is 12.1. The van der Waals surface area contributed by atoms with Crippen LogP contribution in [-0.4, -0.2) is 40.5 Å². The van der Waals surface area contributed by atoms with E-state index in [2.05, 4.69) is 0 Å². The average molecular weight is 348 g/mol. The molecule has 9 heteroatoms. The summed E-state index contributed by atoms with van der Waals surface area (Å²) in [5, 5.41) is 19.7. The number of ether oxygens (including phenoxy) is 1. The number of likely N-dealkylation sites (N-methyl/N-ethyl adjacent to an activating group) is 1. The first kappa shape index (κ1) is 18.0. The lowest BCUT2D eigenvalue weighted by molar-refractivity contribution is -0.384. The molecular formula is C16H16N2O7. The molecule has 0 unspecified atom stereocenters. The highest BCUT2D eigenvalue weighted by molar-refractivity contribution is 5.88. The molecule has 2 aromatic rings. The van der Waals surface area contributed by atoms with Gasteiger partial charge in [0.25, 0.3) is 11.6 Å². The fourth-order valence-electron chi connectivity index (χ4n) is 2.10. The van der Waals surface area contributed by atoms with E-state index in [1.807, 2.05) is 0 Å². The summed E-state index contributed by atoms with van der Waals surface area (Å²) in [7, 11) is 1.51. The second-order valence-electron chi connectivity index (χ2n) is 5.28. The number of nitro groups is 1. The van der Waals surface area contributed by atoms with Crippen molar-refractivity contribution in [2.75, 3.05) is 13.7 Å². The van der Waals surface area contributed by atoms with E-state index in [0.717, 1.165) is 0 Å². The molecule has 0 fully saturated rings. The Labute approximate surface area is 142 Å². The zero-order valence-corrected chi connectivity index (χ0v) is 13.6. The van der Waals surface area contributed by atoms with Crippen LogP contribution < -0.4 is 4.74 Å². The van der Waals surface area contributed by atoms with Crippen molar-refractivity contribution in [1.29, 1.82) is 0 Å². The minimum atomic E-state index is -1.10. The van der Waals surface area contributed by atoms with Gasteiger partial charge in [-0.2, -0.15) is 0 Å². The number of hydrogen-bond acceptors (Lipinski definition) is 6. The monoisotopic (exact) mass is 348 g/mol. The zero-order valence-electron chi connectivity index (χ0n) is 13.6. The van der Waals surface area contributed by atoms with E-state index in [9.17, 15) is 19.7 Å². The van der Waals surface area contributed by atoms with Crippen LogP contribution >= 0.6 is 0 Å². The molecule has 1 amide bonds. The second-order valence-corrected chi connectivity index (χ2v) is 5.28. The molecule has 1 aromatic carbocycles. The quantitative estimate of drug-likeness (QED) is 0.601. The van der Waals surface area contributed by atoms with Crippen LogP contribution in [0.5, 0.6) is 5.75 Å². The summed E-state index contributed by atoms with van der Waals surface area (Å²) in [4.78, 5) is 34.5. The minimum Gasteiger partial charge on any atom is -0.484 e. The van der Waals surface area contributed by atoms with Crippen molar-refractivity contribution in [2.24, 2.45) is 0 Å². The van der Waals surface area contributed by atoms with Gasteiger partial charge in [0.15, 0.2) is 6.61 Å². The number of furan rings is 1. The number of aryl methyl sites for hydroxylation is 1. The number of carboxylic acid groups (broad SMARTS) is 1. The van der Waals surface area contributed by atoms with Crippen molar-refractivity contribution in [3.8, 4) is 5.75 Å². The van der Waals surface area contributed by atoms with Crippen LogP contribution in [0.2, 0.25) is 0 Å². The molecule has 0 bridgehead atoms. The standard InChI is InChI=1S/C16H16N2O7/c1-10-14(16(20)21)7-13(25-10)8-17(2)15(19)9-24-12-5-3-4-11(6-12)18(22)23/h3-7H,8-9H2,1-2H3,(H,20,21). The predicted octanol–water partition coefficient (Wildman–Crippen LogP) is 2.23. The van der Waals surface area contributed by atoms with Crippen molar-refractivity contribution in [2.45, 2.75) is 13.5 Å². The number of hydrogen-bond donors (Lipinski definition) is 1. The molecule has 0 saturated carbocycles. The van der Waals surface area contributed by atoms with Crippen molar-refractivity contribution in [1.82, 2.24) is 4.90 Å². The van der Waals surface area contributed by atoms with Gasteiger partial charge in [-0.3, -0.25) is 14.9 Å². The van der Waals surface area contributed by atoms with Gasteiger partial charge >= 0.3 is 5.97 Å². The molecule has 0 aliphatic rings. The van der Waals surface area contributed by atoms with E-state index in [-0.39, 0.29) is 35.9 Å². The molecule has 25 heavy (non-hydrogen) atoms. The maximum absolute atomic E-state index is 12.1. The lowest BCUT2D eigenvalue weighted by Gasteiger charge is -2.16. The molecule has 0 radical (unpaired) electrons. The summed E-state index contributed by atoms with van der Waals surface area (Å²) in [6, 6.07) is 6.88. The summed E-state index contributed by atoms with van der Waals surface area (Å²) in [5.41, 5.74) is -0.0886. The van der Waals surface area contributed by atoms with Crippen LogP contribution in [0.3, 0.4) is 0 Å². The van der Waals surface area contributed by atoms with Crippen LogP contribution in [0, 0.1) is 17.0 Å². The maximum Gasteiger partial charge on any atom is 0.339 e. The van der Waals surface area contributed by atoms with Crippen molar-refractivity contribution < 1.29 is 28.8 Å². The number of aromatic carboxylic acids is 1. The highest BCUT2D eigenvalue weighted by Gasteiger charge is 2.17. The summed E-state index contributed by atoms with van der Waals surface area (Å²) in [6.45, 7) is 1.29. The molecular weight excluding hydrogens is 332 g/mol. The van der Waals surface area contributed by atoms with Crippen LogP contribution in [0.15, 0.2) is 34.7 Å². The lowest BCUT2D eigenvalue weighted by atomic mass is 10.2. The highest BCUT2D eigenvalue weighted by Crippen LogP contribution is 2.19. The summed E-state index contributed by atoms with van der Waals surface area (Å²) < 4.78 is 10.6. The van der Waals surface area contributed by atoms with Gasteiger partial charge < -0.3 is 19.2 Å². The van der Waals surface area contributed by atoms with Gasteiger partial charge in [0, 0.05) is 13.1 Å². The molecule has 1 N–H and O–H groups in total. The molecule has 2 rings (SSSR count). The fraction of sp³-hybridized carbons (Fsp3) is 0.250. The van der Waals surface area contributed by atoms with E-state index >= 15 is 0 Å². The molecule has 0 aliphatic carbocycles. The van der Waals surface area contributed by atoms with Crippen LogP contribution in [0.4, 0.5) is 5.69 Å². The zero-order chi connectivity index (χ0) is 18.6. The van der Waals surface area contributed by atoms with Gasteiger partial charge in [-0.1, -0.05) is 6.07 Å². The van der Waals surface area contributed by atoms with E-state index in [4.69, 9.17) is 14.3 Å². The molecule has 1 aromatic heterocycles. The SMILES string of the molecule is Cc1oc(CN(C)C(=O)COc2cccc([N+](=O)[O-])c2)cc1C(=O)O. The van der Waals surface area contributed by atoms with E-state index in [1.54, 1.807) is 0 Å². The Morgan fingerprint density at radius 2 is 2.08 bits per heavy atom. The molecule has 0 atom stereocenters. The van der Waals surface area contributed by atoms with Crippen LogP contribution in [-0.2, 0) is 11.3 Å². The Hall–Kier alpha value is -3.36. The average Bonchev–Trinajstić information content (AvgIpc) is 2.93. The first-order valence-electron chi connectivity index (χ1n) is 7.21. The number of benzene rings is 1. The highest BCUT2D eigenvalue weighted by atomic mass is 16.6. The van der Waals surface area contributed by atoms with Gasteiger partial charge in [0.2, 0.25) is 0 Å². The Morgan fingerprint density at radius 1 is 1.36 bits per heavy atom. The lowest BCUT2D eigenvalue weighted by Crippen LogP contribution is -2.30. The largest absolute Gasteiger partial charge is 0.484 e. The molecule has 9 nitrogen and oxygen atoms in total. The first-order valence-corrected chi connectivity index (χ1v) is 7.21.